The van der Waals surface area contributed by atoms with Crippen molar-refractivity contribution in [2.45, 2.75) is 59.0 Å². The summed E-state index contributed by atoms with van der Waals surface area (Å²) in [5.41, 5.74) is 5.35. The molecule has 5 nitrogen and oxygen atoms in total. The topological polar surface area (TPSA) is 59.8 Å². The maximum atomic E-state index is 13.1. The van der Waals surface area contributed by atoms with Gasteiger partial charge in [-0.2, -0.15) is 0 Å². The fourth-order valence-corrected chi connectivity index (χ4v) is 3.80. The van der Waals surface area contributed by atoms with Gasteiger partial charge < -0.3 is 9.88 Å². The molecule has 4 rings (SSSR count). The Kier molecular flexibility index (Phi) is 4.68. The molecule has 1 aliphatic rings. The van der Waals surface area contributed by atoms with Crippen LogP contribution in [0.1, 0.15) is 65.2 Å². The Morgan fingerprint density at radius 2 is 1.89 bits per heavy atom. The maximum Gasteiger partial charge on any atom is 0.254 e. The molecule has 27 heavy (non-hydrogen) atoms. The molecule has 3 aromatic rings. The van der Waals surface area contributed by atoms with Crippen molar-refractivity contribution in [3.8, 4) is 0 Å². The zero-order valence-electron chi connectivity index (χ0n) is 16.2. The van der Waals surface area contributed by atoms with Gasteiger partial charge in [-0.3, -0.25) is 4.79 Å². The number of nitrogens with zero attached hydrogens (tertiary/aromatic N) is 3. The molecule has 0 saturated carbocycles. The number of rotatable bonds is 3. The molecule has 0 radical (unpaired) electrons. The standard InChI is InChI=1S/C22H26N4O/c1-14-8-10-17(11-9-14)16(3)24-22(27)18-13-15(2)23-21-20(18)25-19-7-5-4-6-12-26(19)21/h8-11,13,16H,4-7,12H2,1-3H3,(H,24,27). The molecule has 1 aliphatic heterocycles. The van der Waals surface area contributed by atoms with Crippen molar-refractivity contribution in [1.82, 2.24) is 19.9 Å². The molecule has 1 atom stereocenters. The number of hydrogen-bond acceptors (Lipinski definition) is 3. The molecule has 1 N–H and O–H groups in total. The van der Waals surface area contributed by atoms with Crippen LogP contribution in [-0.2, 0) is 13.0 Å². The lowest BCUT2D eigenvalue weighted by molar-refractivity contribution is 0.0941. The second-order valence-electron chi connectivity index (χ2n) is 7.58. The molecule has 5 heteroatoms. The summed E-state index contributed by atoms with van der Waals surface area (Å²) < 4.78 is 2.20. The second-order valence-corrected chi connectivity index (χ2v) is 7.58. The number of aromatic nitrogens is 3. The van der Waals surface area contributed by atoms with E-state index in [9.17, 15) is 4.79 Å². The van der Waals surface area contributed by atoms with E-state index in [0.29, 0.717) is 5.56 Å². The van der Waals surface area contributed by atoms with Crippen LogP contribution in [0.5, 0.6) is 0 Å². The predicted octanol–water partition coefficient (Wildman–Crippen LogP) is 4.27. The first-order valence-electron chi connectivity index (χ1n) is 9.77. The zero-order chi connectivity index (χ0) is 19.0. The molecule has 140 valence electrons. The lowest BCUT2D eigenvalue weighted by atomic mass is 10.1. The molecule has 2 aromatic heterocycles. The van der Waals surface area contributed by atoms with Crippen molar-refractivity contribution >= 4 is 17.1 Å². The fourth-order valence-electron chi connectivity index (χ4n) is 3.80. The summed E-state index contributed by atoms with van der Waals surface area (Å²) in [6.07, 6.45) is 4.46. The Hall–Kier alpha value is -2.69. The lowest BCUT2D eigenvalue weighted by Gasteiger charge is -2.15. The van der Waals surface area contributed by atoms with Gasteiger partial charge in [0.05, 0.1) is 11.6 Å². The number of imidazole rings is 1. The van der Waals surface area contributed by atoms with Crippen LogP contribution in [0.4, 0.5) is 0 Å². The van der Waals surface area contributed by atoms with E-state index in [1.165, 1.54) is 12.0 Å². The first kappa shape index (κ1) is 17.7. The van der Waals surface area contributed by atoms with Gasteiger partial charge in [-0.15, -0.1) is 0 Å². The van der Waals surface area contributed by atoms with Crippen molar-refractivity contribution in [2.24, 2.45) is 0 Å². The van der Waals surface area contributed by atoms with E-state index in [2.05, 4.69) is 41.1 Å². The van der Waals surface area contributed by atoms with Gasteiger partial charge in [0.15, 0.2) is 5.65 Å². The smallest absolute Gasteiger partial charge is 0.254 e. The van der Waals surface area contributed by atoms with Gasteiger partial charge in [-0.25, -0.2) is 9.97 Å². The van der Waals surface area contributed by atoms with Gasteiger partial charge in [-0.05, 0) is 45.2 Å². The van der Waals surface area contributed by atoms with Crippen molar-refractivity contribution in [2.75, 3.05) is 0 Å². The largest absolute Gasteiger partial charge is 0.345 e. The zero-order valence-corrected chi connectivity index (χ0v) is 16.2. The summed E-state index contributed by atoms with van der Waals surface area (Å²) in [5.74, 6) is 0.966. The van der Waals surface area contributed by atoms with Gasteiger partial charge in [0.1, 0.15) is 11.3 Å². The first-order chi connectivity index (χ1) is 13.0. The third kappa shape index (κ3) is 3.46. The molecule has 1 aromatic carbocycles. The van der Waals surface area contributed by atoms with Crippen LogP contribution in [0.15, 0.2) is 30.3 Å². The highest BCUT2D eigenvalue weighted by Crippen LogP contribution is 2.24. The summed E-state index contributed by atoms with van der Waals surface area (Å²) in [7, 11) is 0. The van der Waals surface area contributed by atoms with E-state index in [1.54, 1.807) is 0 Å². The van der Waals surface area contributed by atoms with Crippen LogP contribution >= 0.6 is 0 Å². The van der Waals surface area contributed by atoms with Crippen molar-refractivity contribution < 1.29 is 4.79 Å². The Balaban J connectivity index is 1.68. The third-order valence-electron chi connectivity index (χ3n) is 5.36. The number of benzene rings is 1. The summed E-state index contributed by atoms with van der Waals surface area (Å²) in [6, 6.07) is 10.0. The first-order valence-corrected chi connectivity index (χ1v) is 9.77. The number of amides is 1. The highest BCUT2D eigenvalue weighted by Gasteiger charge is 2.21. The van der Waals surface area contributed by atoms with Gasteiger partial charge in [0, 0.05) is 18.7 Å². The minimum atomic E-state index is -0.0909. The predicted molar refractivity (Wildman–Crippen MR) is 107 cm³/mol. The van der Waals surface area contributed by atoms with Crippen molar-refractivity contribution in [1.29, 1.82) is 0 Å². The molecule has 0 bridgehead atoms. The van der Waals surface area contributed by atoms with Gasteiger partial charge in [-0.1, -0.05) is 36.2 Å². The number of carbonyl (C=O) groups is 1. The average Bonchev–Trinajstić information content (AvgIpc) is 2.83. The van der Waals surface area contributed by atoms with Gasteiger partial charge in [0.25, 0.3) is 5.91 Å². The summed E-state index contributed by atoms with van der Waals surface area (Å²) in [5, 5.41) is 3.13. The van der Waals surface area contributed by atoms with E-state index in [-0.39, 0.29) is 11.9 Å². The van der Waals surface area contributed by atoms with Crippen molar-refractivity contribution in [3.63, 3.8) is 0 Å². The van der Waals surface area contributed by atoms with Crippen LogP contribution in [0.25, 0.3) is 11.2 Å². The van der Waals surface area contributed by atoms with Crippen LogP contribution in [-0.4, -0.2) is 20.4 Å². The highest BCUT2D eigenvalue weighted by atomic mass is 16.1. The summed E-state index contributed by atoms with van der Waals surface area (Å²) in [4.78, 5) is 22.6. The number of nitrogens with one attached hydrogen (secondary N) is 1. The van der Waals surface area contributed by atoms with Crippen LogP contribution in [0.2, 0.25) is 0 Å². The molecule has 1 unspecified atom stereocenters. The van der Waals surface area contributed by atoms with Gasteiger partial charge in [0.2, 0.25) is 0 Å². The van der Waals surface area contributed by atoms with E-state index in [1.807, 2.05) is 19.9 Å². The third-order valence-corrected chi connectivity index (χ3v) is 5.36. The summed E-state index contributed by atoms with van der Waals surface area (Å²) in [6.45, 7) is 6.95. The van der Waals surface area contributed by atoms with E-state index >= 15 is 0 Å². The Morgan fingerprint density at radius 1 is 1.11 bits per heavy atom. The Labute approximate surface area is 159 Å². The number of fused-ring (bicyclic) bond motifs is 3. The number of aryl methyl sites for hydroxylation is 4. The maximum absolute atomic E-state index is 13.1. The van der Waals surface area contributed by atoms with E-state index in [4.69, 9.17) is 9.97 Å². The Bertz CT molecular complexity index is 988. The number of carbonyl (C=O) groups excluding carboxylic acids is 1. The molecule has 0 saturated heterocycles. The Morgan fingerprint density at radius 3 is 2.67 bits per heavy atom. The van der Waals surface area contributed by atoms with Gasteiger partial charge >= 0.3 is 0 Å². The number of hydrogen-bond donors (Lipinski definition) is 1. The van der Waals surface area contributed by atoms with Crippen LogP contribution in [0.3, 0.4) is 0 Å². The number of pyridine rings is 1. The highest BCUT2D eigenvalue weighted by molar-refractivity contribution is 6.04. The van der Waals surface area contributed by atoms with Crippen molar-refractivity contribution in [3.05, 3.63) is 58.5 Å². The van der Waals surface area contributed by atoms with Crippen LogP contribution < -0.4 is 5.32 Å². The summed E-state index contributed by atoms with van der Waals surface area (Å²) >= 11 is 0. The monoisotopic (exact) mass is 362 g/mol. The molecular formula is C22H26N4O. The second kappa shape index (κ2) is 7.14. The van der Waals surface area contributed by atoms with E-state index < -0.39 is 0 Å². The minimum Gasteiger partial charge on any atom is -0.345 e. The normalized spacial score (nSPS) is 15.2. The molecule has 1 amide bonds. The van der Waals surface area contributed by atoms with Crippen LogP contribution in [0, 0.1) is 13.8 Å². The van der Waals surface area contributed by atoms with E-state index in [0.717, 1.165) is 54.1 Å². The molecule has 0 spiro atoms. The SMILES string of the molecule is Cc1ccc(C(C)NC(=O)c2cc(C)nc3c2nc2n3CCCCC2)cc1. The quantitative estimate of drug-likeness (QED) is 0.757. The molecule has 0 fully saturated rings. The lowest BCUT2D eigenvalue weighted by Crippen LogP contribution is -2.27. The minimum absolute atomic E-state index is 0.0675. The average molecular weight is 362 g/mol. The molecule has 3 heterocycles. The fraction of sp³-hybridized carbons (Fsp3) is 0.409. The molecule has 0 aliphatic carbocycles. The molecular weight excluding hydrogens is 336 g/mol.